The van der Waals surface area contributed by atoms with Crippen LogP contribution in [0.2, 0.25) is 0 Å². The number of benzene rings is 1. The second-order valence-corrected chi connectivity index (χ2v) is 6.32. The number of H-pyrrole nitrogens is 1. The Morgan fingerprint density at radius 1 is 1.03 bits per heavy atom. The quantitative estimate of drug-likeness (QED) is 0.670. The predicted octanol–water partition coefficient (Wildman–Crippen LogP) is 3.11. The fraction of sp³-hybridized carbons (Fsp3) is 0.0909. The third kappa shape index (κ3) is 3.46. The van der Waals surface area contributed by atoms with E-state index >= 15 is 0 Å². The van der Waals surface area contributed by atoms with Gasteiger partial charge in [0, 0.05) is 18.1 Å². The zero-order valence-electron chi connectivity index (χ0n) is 16.3. The molecular weight excluding hydrogens is 384 g/mol. The molecule has 3 heterocycles. The summed E-state index contributed by atoms with van der Waals surface area (Å²) in [5.74, 6) is -0.666. The van der Waals surface area contributed by atoms with Crippen molar-refractivity contribution in [2.75, 3.05) is 19.1 Å². The summed E-state index contributed by atoms with van der Waals surface area (Å²) < 4.78 is 9.77. The predicted molar refractivity (Wildman–Crippen MR) is 111 cm³/mol. The maximum atomic E-state index is 12.6. The Kier molecular flexibility index (Phi) is 5.13. The molecule has 0 amide bonds. The van der Waals surface area contributed by atoms with Crippen LogP contribution in [-0.4, -0.2) is 41.1 Å². The van der Waals surface area contributed by atoms with Crippen molar-refractivity contribution in [3.63, 3.8) is 0 Å². The van der Waals surface area contributed by atoms with Crippen molar-refractivity contribution in [1.82, 2.24) is 15.0 Å². The topological polar surface area (TPSA) is 97.4 Å². The van der Waals surface area contributed by atoms with Crippen molar-refractivity contribution in [2.45, 2.75) is 0 Å². The Balaban J connectivity index is 1.82. The molecule has 0 aliphatic carbocycles. The van der Waals surface area contributed by atoms with Gasteiger partial charge in [-0.05, 0) is 42.5 Å². The summed E-state index contributed by atoms with van der Waals surface area (Å²) in [5, 5.41) is 0. The smallest absolute Gasteiger partial charge is 0.355 e. The molecule has 0 radical (unpaired) electrons. The first-order chi connectivity index (χ1) is 14.6. The summed E-state index contributed by atoms with van der Waals surface area (Å²) in [6, 6.07) is 11.1. The van der Waals surface area contributed by atoms with E-state index < -0.39 is 11.9 Å². The molecule has 0 fully saturated rings. The monoisotopic (exact) mass is 402 g/mol. The van der Waals surface area contributed by atoms with Gasteiger partial charge < -0.3 is 19.4 Å². The molecule has 1 aliphatic rings. The zero-order chi connectivity index (χ0) is 21.1. The normalized spacial score (nSPS) is 13.5. The summed E-state index contributed by atoms with van der Waals surface area (Å²) >= 11 is 0. The van der Waals surface area contributed by atoms with Gasteiger partial charge in [0.25, 0.3) is 0 Å². The molecule has 1 aromatic carbocycles. The highest BCUT2D eigenvalue weighted by molar-refractivity contribution is 6.05. The Hall–Kier alpha value is -4.20. The van der Waals surface area contributed by atoms with E-state index in [1.165, 1.54) is 20.3 Å². The second kappa shape index (κ2) is 8.04. The Labute approximate surface area is 172 Å². The Bertz CT molecular complexity index is 1210. The molecule has 0 saturated heterocycles. The molecule has 0 unspecified atom stereocenters. The molecule has 8 nitrogen and oxygen atoms in total. The lowest BCUT2D eigenvalue weighted by Gasteiger charge is -2.23. The molecule has 0 spiro atoms. The second-order valence-electron chi connectivity index (χ2n) is 6.32. The highest BCUT2D eigenvalue weighted by Crippen LogP contribution is 2.29. The van der Waals surface area contributed by atoms with Crippen molar-refractivity contribution in [3.8, 4) is 11.5 Å². The number of allylic oxidation sites excluding steroid dienone is 2. The minimum Gasteiger partial charge on any atom is -0.465 e. The molecule has 4 rings (SSSR count). The van der Waals surface area contributed by atoms with E-state index in [0.29, 0.717) is 11.5 Å². The number of rotatable bonds is 4. The Morgan fingerprint density at radius 3 is 2.60 bits per heavy atom. The van der Waals surface area contributed by atoms with Crippen LogP contribution in [0.4, 0.5) is 5.69 Å². The van der Waals surface area contributed by atoms with Crippen LogP contribution < -0.4 is 4.90 Å². The molecule has 150 valence electrons. The maximum Gasteiger partial charge on any atom is 0.355 e. The van der Waals surface area contributed by atoms with Crippen molar-refractivity contribution in [3.05, 3.63) is 78.3 Å². The van der Waals surface area contributed by atoms with Gasteiger partial charge in [0.15, 0.2) is 5.82 Å². The van der Waals surface area contributed by atoms with E-state index in [1.54, 1.807) is 35.5 Å². The van der Waals surface area contributed by atoms with Crippen molar-refractivity contribution >= 4 is 28.7 Å². The van der Waals surface area contributed by atoms with Crippen LogP contribution in [0.25, 0.3) is 22.6 Å². The number of carbonyl (C=O) groups is 2. The van der Waals surface area contributed by atoms with E-state index in [-0.39, 0.29) is 11.3 Å². The number of hydrogen-bond donors (Lipinski definition) is 1. The molecule has 3 aromatic rings. The van der Waals surface area contributed by atoms with Gasteiger partial charge in [-0.15, -0.1) is 0 Å². The number of nitrogens with one attached hydrogen (secondary N) is 1. The number of esters is 2. The van der Waals surface area contributed by atoms with Crippen LogP contribution in [0, 0.1) is 0 Å². The van der Waals surface area contributed by atoms with Crippen molar-refractivity contribution < 1.29 is 19.1 Å². The highest BCUT2D eigenvalue weighted by Gasteiger charge is 2.27. The number of methoxy groups -OCH3 is 2. The number of nitrogens with zero attached hydrogens (tertiary/aromatic N) is 3. The number of anilines is 1. The van der Waals surface area contributed by atoms with Gasteiger partial charge in [-0.3, -0.25) is 4.98 Å². The first-order valence-corrected chi connectivity index (χ1v) is 9.08. The van der Waals surface area contributed by atoms with E-state index in [2.05, 4.69) is 15.0 Å². The minimum atomic E-state index is -0.662. The number of aromatic amines is 1. The molecule has 1 aliphatic heterocycles. The Morgan fingerprint density at radius 2 is 1.87 bits per heavy atom. The van der Waals surface area contributed by atoms with Crippen LogP contribution in [0.5, 0.6) is 0 Å². The largest absolute Gasteiger partial charge is 0.465 e. The summed E-state index contributed by atoms with van der Waals surface area (Å²) in [4.78, 5) is 38.6. The number of imidazole rings is 1. The third-order valence-electron chi connectivity index (χ3n) is 4.54. The summed E-state index contributed by atoms with van der Waals surface area (Å²) in [6.45, 7) is 0. The summed E-state index contributed by atoms with van der Waals surface area (Å²) in [6.07, 6.45) is 8.27. The minimum absolute atomic E-state index is 0.0539. The maximum absolute atomic E-state index is 12.6. The van der Waals surface area contributed by atoms with E-state index in [9.17, 15) is 9.59 Å². The number of ether oxygens (including phenoxy) is 2. The highest BCUT2D eigenvalue weighted by atomic mass is 16.5. The van der Waals surface area contributed by atoms with Gasteiger partial charge in [-0.2, -0.15) is 0 Å². The molecule has 0 atom stereocenters. The summed E-state index contributed by atoms with van der Waals surface area (Å²) in [5.41, 5.74) is 3.00. The average molecular weight is 402 g/mol. The number of pyridine rings is 1. The van der Waals surface area contributed by atoms with E-state index in [0.717, 1.165) is 16.7 Å². The van der Waals surface area contributed by atoms with Crippen LogP contribution >= 0.6 is 0 Å². The SMILES string of the molecule is COC(=O)C1=C(C(=O)OC)N(c2ccc3nc(-c4ccccn4)[nH]c3c2)C=CC=C1. The molecule has 8 heteroatoms. The number of hydrogen-bond acceptors (Lipinski definition) is 7. The van der Waals surface area contributed by atoms with Gasteiger partial charge in [0.1, 0.15) is 11.4 Å². The number of carbonyl (C=O) groups excluding carboxylic acids is 2. The molecule has 30 heavy (non-hydrogen) atoms. The van der Waals surface area contributed by atoms with Crippen LogP contribution in [0.3, 0.4) is 0 Å². The number of aromatic nitrogens is 3. The molecule has 0 bridgehead atoms. The first-order valence-electron chi connectivity index (χ1n) is 9.08. The lowest BCUT2D eigenvalue weighted by Crippen LogP contribution is -2.26. The first kappa shape index (κ1) is 19.1. The summed E-state index contributed by atoms with van der Waals surface area (Å²) in [7, 11) is 2.52. The molecule has 0 saturated carbocycles. The third-order valence-corrected chi connectivity index (χ3v) is 4.54. The van der Waals surface area contributed by atoms with Gasteiger partial charge in [0.2, 0.25) is 0 Å². The lowest BCUT2D eigenvalue weighted by molar-refractivity contribution is -0.139. The average Bonchev–Trinajstić information content (AvgIpc) is 3.09. The van der Waals surface area contributed by atoms with Gasteiger partial charge >= 0.3 is 11.9 Å². The van der Waals surface area contributed by atoms with Crippen LogP contribution in [0.1, 0.15) is 0 Å². The van der Waals surface area contributed by atoms with Gasteiger partial charge in [-0.1, -0.05) is 12.1 Å². The van der Waals surface area contributed by atoms with E-state index in [4.69, 9.17) is 9.47 Å². The van der Waals surface area contributed by atoms with Crippen LogP contribution in [0.15, 0.2) is 78.3 Å². The van der Waals surface area contributed by atoms with E-state index in [1.807, 2.05) is 30.3 Å². The fourth-order valence-electron chi connectivity index (χ4n) is 3.14. The standard InChI is InChI=1S/C22H18N4O4/c1-29-21(27)15-7-4-6-12-26(19(15)22(28)30-2)14-9-10-16-18(13-14)25-20(24-16)17-8-3-5-11-23-17/h3-13H,1-2H3,(H,24,25). The lowest BCUT2D eigenvalue weighted by atomic mass is 10.1. The van der Waals surface area contributed by atoms with Crippen LogP contribution in [-0.2, 0) is 19.1 Å². The van der Waals surface area contributed by atoms with Gasteiger partial charge in [0.05, 0.1) is 30.8 Å². The molecule has 2 aromatic heterocycles. The fourth-order valence-corrected chi connectivity index (χ4v) is 3.14. The van der Waals surface area contributed by atoms with Gasteiger partial charge in [-0.25, -0.2) is 14.6 Å². The number of fused-ring (bicyclic) bond motifs is 1. The molecule has 1 N–H and O–H groups in total. The molecular formula is C22H18N4O4. The van der Waals surface area contributed by atoms with Crippen molar-refractivity contribution in [2.24, 2.45) is 0 Å². The van der Waals surface area contributed by atoms with Crippen molar-refractivity contribution in [1.29, 1.82) is 0 Å². The zero-order valence-corrected chi connectivity index (χ0v) is 16.3.